The number of aryl methyl sites for hydroxylation is 1. The average molecular weight is 2050 g/mol. The quantitative estimate of drug-likeness (QED) is 0.0257. The SMILES string of the molecule is CC(C)C1=NN=NC1.CC(C)C1=NOC(=O)C1.CC(C)C1CC(=O)NC1=O.CC(C)C1OC(=O)NC1=O.CC(C)C1SC(=O)NC1=O.CC(C)c1c[nH]oc1=O.CC(C)c1cc(=O)[nH]n1C.CC(C)c1cc(=O)[nH]o1.CC(C)c1cc(=O)[nH]s1.CC(C)c1cc(F)c(O)c(F)c1.CC(C)c1ccnn1O.CC(C)c1cncn1O.CC(C)c1cnnn1O.CC(C)c1cocc(O)c1=O.CC(C)c1nccn1O. The Morgan fingerprint density at radius 1 is 0.538 bits per heavy atom. The van der Waals surface area contributed by atoms with Crippen LogP contribution in [0.3, 0.4) is 0 Å². The summed E-state index contributed by atoms with van der Waals surface area (Å²) in [5.41, 5.74) is 6.38. The lowest BCUT2D eigenvalue weighted by Gasteiger charge is -2.08. The van der Waals surface area contributed by atoms with E-state index in [0.717, 1.165) is 88.4 Å². The summed E-state index contributed by atoms with van der Waals surface area (Å²) in [7, 11) is 1.84. The maximum absolute atomic E-state index is 12.7. The van der Waals surface area contributed by atoms with Gasteiger partial charge in [-0.15, -0.1) is 20.1 Å². The number of nitrogens with zero attached hydrogens (tertiary/aromatic N) is 14. The number of phenolic OH excluding ortho intramolecular Hbond substituents is 1. The highest BCUT2D eigenvalue weighted by atomic mass is 32.2. The highest BCUT2D eigenvalue weighted by molar-refractivity contribution is 8.15. The van der Waals surface area contributed by atoms with Crippen molar-refractivity contribution in [3.63, 3.8) is 0 Å². The molecule has 0 aliphatic carbocycles. The Kier molecular flexibility index (Phi) is 56.6. The number of aromatic nitrogens is 14. The number of oxime groups is 1. The lowest BCUT2D eigenvalue weighted by atomic mass is 9.95. The number of alkyl carbamates (subject to hydrolysis) is 1. The van der Waals surface area contributed by atoms with Crippen LogP contribution < -0.4 is 43.7 Å². The summed E-state index contributed by atoms with van der Waals surface area (Å²) in [6.07, 6.45) is 12.8. The summed E-state index contributed by atoms with van der Waals surface area (Å²) in [5.74, 6) is 1.45. The summed E-state index contributed by atoms with van der Waals surface area (Å²) < 4.78 is 50.5. The van der Waals surface area contributed by atoms with E-state index in [9.17, 15) is 66.3 Å². The molecule has 14 heterocycles. The first kappa shape index (κ1) is 127. The molecule has 3 fully saturated rings. The zero-order valence-corrected chi connectivity index (χ0v) is 88.8. The number of rotatable bonds is 15. The van der Waals surface area contributed by atoms with Gasteiger partial charge in [0.25, 0.3) is 27.8 Å². The summed E-state index contributed by atoms with van der Waals surface area (Å²) in [6.45, 7) is 59.6. The number of carbonyl (C=O) groups is 7. The van der Waals surface area contributed by atoms with E-state index in [1.165, 1.54) is 36.4 Å². The molecule has 0 saturated carbocycles. The van der Waals surface area contributed by atoms with E-state index in [4.69, 9.17) is 40.0 Å². The lowest BCUT2D eigenvalue weighted by molar-refractivity contribution is -0.140. The summed E-state index contributed by atoms with van der Waals surface area (Å²) in [6, 6.07) is 8.82. The zero-order valence-electron chi connectivity index (χ0n) is 87.1. The van der Waals surface area contributed by atoms with Gasteiger partial charge in [-0.25, -0.2) is 38.3 Å². The molecule has 143 heavy (non-hydrogen) atoms. The van der Waals surface area contributed by atoms with Crippen molar-refractivity contribution < 1.29 is 96.4 Å². The number of hydrogen-bond donors (Lipinski definition) is 13. The molecule has 6 amide bonds. The van der Waals surface area contributed by atoms with Crippen molar-refractivity contribution >= 4 is 75.6 Å². The van der Waals surface area contributed by atoms with Gasteiger partial charge in [-0.05, 0) is 105 Å². The summed E-state index contributed by atoms with van der Waals surface area (Å²) in [5, 5.41) is 91.9. The number of imidazole rings is 2. The van der Waals surface area contributed by atoms with Gasteiger partial charge in [0.2, 0.25) is 23.2 Å². The summed E-state index contributed by atoms with van der Waals surface area (Å²) in [4.78, 5) is 143. The van der Waals surface area contributed by atoms with E-state index in [1.807, 2.05) is 179 Å². The van der Waals surface area contributed by atoms with Gasteiger partial charge in [0.05, 0.1) is 71.1 Å². The maximum atomic E-state index is 12.7. The van der Waals surface area contributed by atoms with Crippen LogP contribution in [0.4, 0.5) is 18.4 Å². The molecule has 48 heteroatoms. The van der Waals surface area contributed by atoms with Gasteiger partial charge in [0, 0.05) is 83.9 Å². The number of thioether (sulfide) groups is 1. The van der Waals surface area contributed by atoms with Crippen LogP contribution in [0.1, 0.15) is 336 Å². The molecule has 13 N–H and O–H groups in total. The first-order valence-electron chi connectivity index (χ1n) is 46.2. The van der Waals surface area contributed by atoms with Gasteiger partial charge < -0.3 is 54.1 Å². The number of amides is 6. The van der Waals surface area contributed by atoms with Crippen LogP contribution in [0, 0.1) is 47.1 Å². The monoisotopic (exact) mass is 2050 g/mol. The molecule has 0 spiro atoms. The number of carbonyl (C=O) groups excluding carboxylic acids is 7. The van der Waals surface area contributed by atoms with Crippen molar-refractivity contribution in [1.82, 2.24) is 84.9 Å². The number of nitrogens with one attached hydrogen (secondary N) is 7. The van der Waals surface area contributed by atoms with Crippen LogP contribution in [-0.2, 0) is 40.6 Å². The van der Waals surface area contributed by atoms with E-state index in [0.29, 0.717) is 83.2 Å². The number of ether oxygens (including phenoxy) is 1. The number of aromatic amines is 4. The Hall–Kier alpha value is -14.0. The van der Waals surface area contributed by atoms with E-state index in [2.05, 4.69) is 132 Å². The molecule has 0 bridgehead atoms. The van der Waals surface area contributed by atoms with E-state index < -0.39 is 29.6 Å². The molecule has 5 aliphatic heterocycles. The van der Waals surface area contributed by atoms with Crippen LogP contribution in [0.2, 0.25) is 0 Å². The fraction of sp³-hybridized carbons (Fsp3) is 0.547. The predicted molar refractivity (Wildman–Crippen MR) is 535 cm³/mol. The van der Waals surface area contributed by atoms with Crippen molar-refractivity contribution in [3.8, 4) is 11.5 Å². The van der Waals surface area contributed by atoms with E-state index in [1.54, 1.807) is 53.9 Å². The Bertz CT molecular complexity index is 5590. The van der Waals surface area contributed by atoms with Crippen LogP contribution >= 0.6 is 23.3 Å². The maximum Gasteiger partial charge on any atom is 0.414 e. The van der Waals surface area contributed by atoms with Gasteiger partial charge in [0.15, 0.2) is 29.2 Å². The Labute approximate surface area is 836 Å². The first-order valence-corrected chi connectivity index (χ1v) is 47.9. The number of halogens is 2. The van der Waals surface area contributed by atoms with Gasteiger partial charge in [-0.1, -0.05) is 241 Å². The van der Waals surface area contributed by atoms with Crippen LogP contribution in [-0.4, -0.2) is 170 Å². The largest absolute Gasteiger partial charge is 0.503 e. The van der Waals surface area contributed by atoms with Crippen LogP contribution in [0.15, 0.2) is 150 Å². The van der Waals surface area contributed by atoms with Gasteiger partial charge in [-0.3, -0.25) is 73.3 Å². The van der Waals surface area contributed by atoms with Crippen molar-refractivity contribution in [2.24, 2.45) is 63.1 Å². The second-order valence-electron chi connectivity index (χ2n) is 36.9. The molecular formula is C95H145F2N21O23S2. The van der Waals surface area contributed by atoms with E-state index >= 15 is 0 Å². The van der Waals surface area contributed by atoms with Gasteiger partial charge in [-0.2, -0.15) is 19.7 Å². The average Bonchev–Trinajstić information content (AvgIpc) is 1.83. The summed E-state index contributed by atoms with van der Waals surface area (Å²) >= 11 is 2.50. The molecule has 3 unspecified atom stereocenters. The number of cyclic esters (lactones) is 1. The second kappa shape index (κ2) is 63.8. The molecule has 44 nitrogen and oxygen atoms in total. The number of imide groups is 3. The standard InChI is InChI=1S/C9H10F2O.C8H10O3.C7H12N2O.C7H11NO2.3C6H10N2O.C6H9NO3.C6H9NO2S.3C6H9NO2.C6H9NOS.C5H9N3O.C5H9N3/c1-5(2)6-3-7(10)9(12)8(11)4-6;1-5(2)6-3-11-4-7(9)8(6)10;1-5(2)6-4-7(10)8-9(6)3;1-4(2)5-3-6(9)8-7(5)10;1-5(2)6-3-7-4-8(6)9;1-5(2)6-7-3-4-8(6)9;1-5(2)6-3-4-7-8(6)9;2*1-3(2)4-5(8)7-6(9)10-4;1-4(2)5-3-7-9-6(5)8;1-4(2)5-3-6(8)7-9-5;1-4(2)5-3-6(8)9-7-5;1-4(2)5-3-6(8)7-9-5;1-4(2)5-3-6-7-8(5)9;1-4(2)5-3-6-8-7-5/h3-5,12H,1-2H3;3-5,9H,1-2H3;4-5H,1-3H3,(H,8,10);4-5H,3H2,1-2H3,(H,8,9,10);3*3-5,9H,1-2H3;2*3-4H,1-2H3,(H,7,8,9);3-4,7H,1-2H3;3-4H,1-2H3,(H,7,8);4H,3H2,1-2H3;3-4H,1-2H3,(H,7,8);3-4,9H,1-2H3;4H,3H2,1-2H3. The molecule has 15 rings (SSSR count). The number of aromatic hydroxyl groups is 2. The van der Waals surface area contributed by atoms with Gasteiger partial charge >= 0.3 is 17.7 Å². The van der Waals surface area contributed by atoms with Crippen molar-refractivity contribution in [1.29, 1.82) is 0 Å². The Balaban J connectivity index is 0.000000767. The number of phenols is 1. The first-order chi connectivity index (χ1) is 66.6. The second-order valence-corrected chi connectivity index (χ2v) is 38.9. The smallest absolute Gasteiger partial charge is 0.414 e. The minimum atomic E-state index is -0.904. The predicted octanol–water partition coefficient (Wildman–Crippen LogP) is 17.2. The van der Waals surface area contributed by atoms with Crippen LogP contribution in [0.5, 0.6) is 11.5 Å². The zero-order chi connectivity index (χ0) is 109. The van der Waals surface area contributed by atoms with Gasteiger partial charge in [0.1, 0.15) is 36.4 Å². The van der Waals surface area contributed by atoms with Crippen molar-refractivity contribution in [3.05, 3.63) is 212 Å². The number of benzene rings is 1. The molecular weight excluding hydrogens is 1910 g/mol. The van der Waals surface area contributed by atoms with E-state index in [-0.39, 0.29) is 133 Å². The van der Waals surface area contributed by atoms with Crippen LogP contribution in [0.25, 0.3) is 0 Å². The topological polar surface area (TPSA) is 622 Å². The minimum Gasteiger partial charge on any atom is -0.503 e. The fourth-order valence-electron chi connectivity index (χ4n) is 11.3. The lowest BCUT2D eigenvalue weighted by Crippen LogP contribution is -2.27. The Morgan fingerprint density at radius 2 is 1.13 bits per heavy atom. The molecule has 794 valence electrons. The minimum absolute atomic E-state index is 0.0173. The molecule has 3 saturated heterocycles. The number of H-pyrrole nitrogens is 4. The normalized spacial score (nSPS) is 14.6. The van der Waals surface area contributed by atoms with Crippen molar-refractivity contribution in [2.45, 2.75) is 291 Å². The molecule has 1 aromatic carbocycles. The third kappa shape index (κ3) is 47.0. The highest BCUT2D eigenvalue weighted by Crippen LogP contribution is 2.28. The third-order valence-electron chi connectivity index (χ3n) is 19.8. The Morgan fingerprint density at radius 3 is 1.38 bits per heavy atom. The number of hydrogen-bond acceptors (Lipinski definition) is 34. The van der Waals surface area contributed by atoms with Crippen molar-refractivity contribution in [2.75, 3.05) is 6.54 Å². The highest BCUT2D eigenvalue weighted by Gasteiger charge is 2.36. The third-order valence-corrected chi connectivity index (χ3v) is 22.3. The molecule has 3 atom stereocenters. The molecule has 10 aromatic rings. The fourth-order valence-corrected chi connectivity index (χ4v) is 12.8. The molecule has 9 aromatic heterocycles. The molecule has 0 radical (unpaired) electrons. The molecule has 5 aliphatic rings.